The van der Waals surface area contributed by atoms with Gasteiger partial charge in [0.05, 0.1) is 31.1 Å². The maximum atomic E-state index is 8.87. The van der Waals surface area contributed by atoms with Crippen molar-refractivity contribution < 1.29 is 5.11 Å². The molecular weight excluding hydrogens is 262 g/mol. The van der Waals surface area contributed by atoms with Gasteiger partial charge in [-0.2, -0.15) is 5.10 Å². The summed E-state index contributed by atoms with van der Waals surface area (Å²) >= 11 is 6.02. The Morgan fingerprint density at radius 3 is 3.00 bits per heavy atom. The van der Waals surface area contributed by atoms with Crippen LogP contribution >= 0.6 is 11.6 Å². The molecule has 2 rings (SSSR count). The summed E-state index contributed by atoms with van der Waals surface area (Å²) in [7, 11) is 0. The highest BCUT2D eigenvalue weighted by Gasteiger charge is 2.10. The van der Waals surface area contributed by atoms with Gasteiger partial charge >= 0.3 is 0 Å². The number of aliphatic hydroxyl groups is 1. The molecule has 2 aromatic rings. The third-order valence-electron chi connectivity index (χ3n) is 2.96. The van der Waals surface area contributed by atoms with Crippen LogP contribution in [-0.4, -0.2) is 21.5 Å². The molecule has 0 bridgehead atoms. The van der Waals surface area contributed by atoms with Crippen molar-refractivity contribution in [3.63, 3.8) is 0 Å². The third-order valence-corrected chi connectivity index (χ3v) is 3.20. The van der Waals surface area contributed by atoms with Crippen LogP contribution in [0.15, 0.2) is 36.7 Å². The van der Waals surface area contributed by atoms with E-state index in [1.165, 1.54) is 0 Å². The van der Waals surface area contributed by atoms with Crippen LogP contribution in [0.3, 0.4) is 0 Å². The van der Waals surface area contributed by atoms with E-state index in [-0.39, 0.29) is 12.6 Å². The summed E-state index contributed by atoms with van der Waals surface area (Å²) in [6.07, 6.45) is 4.61. The number of rotatable bonds is 6. The molecule has 0 aliphatic rings. The van der Waals surface area contributed by atoms with Gasteiger partial charge in [-0.1, -0.05) is 30.7 Å². The molecule has 1 aromatic carbocycles. The fraction of sp³-hybridized carbons (Fsp3) is 0.357. The number of hydrogen-bond acceptors (Lipinski definition) is 3. The average molecular weight is 280 g/mol. The number of benzene rings is 1. The molecule has 1 atom stereocenters. The molecular formula is C14H18ClN3O. The molecule has 0 saturated carbocycles. The minimum absolute atomic E-state index is 0.0899. The second kappa shape index (κ2) is 6.59. The molecule has 102 valence electrons. The predicted octanol–water partition coefficient (Wildman–Crippen LogP) is 3.09. The van der Waals surface area contributed by atoms with E-state index in [1.807, 2.05) is 24.4 Å². The summed E-state index contributed by atoms with van der Waals surface area (Å²) in [5, 5.41) is 17.2. The van der Waals surface area contributed by atoms with E-state index in [0.717, 1.165) is 22.7 Å². The van der Waals surface area contributed by atoms with Crippen molar-refractivity contribution in [3.8, 4) is 0 Å². The van der Waals surface area contributed by atoms with Gasteiger partial charge in [-0.05, 0) is 24.1 Å². The minimum Gasteiger partial charge on any atom is -0.394 e. The molecule has 4 nitrogen and oxygen atoms in total. The van der Waals surface area contributed by atoms with Crippen LogP contribution in [0, 0.1) is 0 Å². The van der Waals surface area contributed by atoms with Gasteiger partial charge in [-0.25, -0.2) is 0 Å². The van der Waals surface area contributed by atoms with Crippen molar-refractivity contribution >= 4 is 17.3 Å². The van der Waals surface area contributed by atoms with Crippen LogP contribution in [-0.2, 0) is 6.54 Å². The van der Waals surface area contributed by atoms with Gasteiger partial charge in [0.2, 0.25) is 0 Å². The Hall–Kier alpha value is -1.52. The summed E-state index contributed by atoms with van der Waals surface area (Å²) < 4.78 is 1.72. The van der Waals surface area contributed by atoms with E-state index in [4.69, 9.17) is 16.7 Å². The molecule has 0 fully saturated rings. The summed E-state index contributed by atoms with van der Waals surface area (Å²) in [6, 6.07) is 8.06. The maximum Gasteiger partial charge on any atom is 0.0731 e. The number of anilines is 1. The van der Waals surface area contributed by atoms with Gasteiger partial charge in [-0.15, -0.1) is 0 Å². The third kappa shape index (κ3) is 3.72. The zero-order chi connectivity index (χ0) is 13.7. The fourth-order valence-electron chi connectivity index (χ4n) is 2.01. The van der Waals surface area contributed by atoms with Crippen LogP contribution < -0.4 is 5.32 Å². The van der Waals surface area contributed by atoms with Crippen LogP contribution in [0.4, 0.5) is 5.69 Å². The van der Waals surface area contributed by atoms with Crippen molar-refractivity contribution in [3.05, 3.63) is 47.2 Å². The molecule has 5 heteroatoms. The summed E-state index contributed by atoms with van der Waals surface area (Å²) in [5.74, 6) is 0. The fourth-order valence-corrected chi connectivity index (χ4v) is 2.21. The molecule has 1 heterocycles. The van der Waals surface area contributed by atoms with E-state index < -0.39 is 0 Å². The summed E-state index contributed by atoms with van der Waals surface area (Å²) in [4.78, 5) is 0. The van der Waals surface area contributed by atoms with Crippen molar-refractivity contribution in [1.29, 1.82) is 0 Å². The Bertz CT molecular complexity index is 527. The number of aromatic nitrogens is 2. The Kier molecular flexibility index (Phi) is 4.82. The van der Waals surface area contributed by atoms with Crippen molar-refractivity contribution in [1.82, 2.24) is 9.78 Å². The molecule has 19 heavy (non-hydrogen) atoms. The zero-order valence-corrected chi connectivity index (χ0v) is 11.6. The van der Waals surface area contributed by atoms with Gasteiger partial charge in [0.15, 0.2) is 0 Å². The normalized spacial score (nSPS) is 12.4. The van der Waals surface area contributed by atoms with Crippen molar-refractivity contribution in [2.45, 2.75) is 25.9 Å². The minimum atomic E-state index is 0.0899. The van der Waals surface area contributed by atoms with E-state index in [0.29, 0.717) is 6.54 Å². The second-order valence-electron chi connectivity index (χ2n) is 4.38. The molecule has 0 aliphatic carbocycles. The largest absolute Gasteiger partial charge is 0.394 e. The molecule has 0 spiro atoms. The highest BCUT2D eigenvalue weighted by atomic mass is 35.5. The number of nitrogens with one attached hydrogen (secondary N) is 1. The van der Waals surface area contributed by atoms with Gasteiger partial charge < -0.3 is 10.4 Å². The summed E-state index contributed by atoms with van der Waals surface area (Å²) in [5.41, 5.74) is 2.10. The first-order valence-electron chi connectivity index (χ1n) is 6.38. The van der Waals surface area contributed by atoms with Crippen LogP contribution in [0.2, 0.25) is 5.02 Å². The molecule has 0 amide bonds. The molecule has 0 saturated heterocycles. The standard InChI is InChI=1S/C14H18ClN3O/c1-2-14(11-4-3-5-12(15)8-11)17-13-9-16-18(10-13)6-7-19/h3-5,8-10,14,17,19H,2,6-7H2,1H3. The van der Waals surface area contributed by atoms with E-state index in [9.17, 15) is 0 Å². The SMILES string of the molecule is CCC(Nc1cnn(CCO)c1)c1cccc(Cl)c1. The molecule has 2 N–H and O–H groups in total. The Morgan fingerprint density at radius 2 is 2.32 bits per heavy atom. The Labute approximate surface area is 118 Å². The van der Waals surface area contributed by atoms with E-state index >= 15 is 0 Å². The summed E-state index contributed by atoms with van der Waals surface area (Å²) in [6.45, 7) is 2.72. The monoisotopic (exact) mass is 279 g/mol. The smallest absolute Gasteiger partial charge is 0.0731 e. The second-order valence-corrected chi connectivity index (χ2v) is 4.81. The van der Waals surface area contributed by atoms with E-state index in [2.05, 4.69) is 23.4 Å². The first-order valence-corrected chi connectivity index (χ1v) is 6.76. The topological polar surface area (TPSA) is 50.1 Å². The predicted molar refractivity (Wildman–Crippen MR) is 77.4 cm³/mol. The maximum absolute atomic E-state index is 8.87. The van der Waals surface area contributed by atoms with Gasteiger partial charge in [0.25, 0.3) is 0 Å². The number of aliphatic hydroxyl groups excluding tert-OH is 1. The highest BCUT2D eigenvalue weighted by molar-refractivity contribution is 6.30. The molecule has 0 aliphatic heterocycles. The van der Waals surface area contributed by atoms with Crippen molar-refractivity contribution in [2.75, 3.05) is 11.9 Å². The zero-order valence-electron chi connectivity index (χ0n) is 10.9. The average Bonchev–Trinajstić information content (AvgIpc) is 2.84. The lowest BCUT2D eigenvalue weighted by molar-refractivity contribution is 0.269. The lowest BCUT2D eigenvalue weighted by Crippen LogP contribution is -2.09. The number of halogens is 1. The van der Waals surface area contributed by atoms with E-state index in [1.54, 1.807) is 10.9 Å². The lowest BCUT2D eigenvalue weighted by Gasteiger charge is -2.17. The van der Waals surface area contributed by atoms with Crippen LogP contribution in [0.5, 0.6) is 0 Å². The first kappa shape index (κ1) is 13.9. The van der Waals surface area contributed by atoms with Crippen LogP contribution in [0.25, 0.3) is 0 Å². The van der Waals surface area contributed by atoms with Crippen molar-refractivity contribution in [2.24, 2.45) is 0 Å². The number of nitrogens with zero attached hydrogens (tertiary/aromatic N) is 2. The Balaban J connectivity index is 2.09. The van der Waals surface area contributed by atoms with Crippen LogP contribution in [0.1, 0.15) is 24.9 Å². The van der Waals surface area contributed by atoms with Gasteiger partial charge in [0, 0.05) is 11.2 Å². The lowest BCUT2D eigenvalue weighted by atomic mass is 10.0. The number of hydrogen-bond donors (Lipinski definition) is 2. The molecule has 1 unspecified atom stereocenters. The van der Waals surface area contributed by atoms with Gasteiger partial charge in [0.1, 0.15) is 0 Å². The Morgan fingerprint density at radius 1 is 1.47 bits per heavy atom. The highest BCUT2D eigenvalue weighted by Crippen LogP contribution is 2.24. The molecule has 1 aromatic heterocycles. The van der Waals surface area contributed by atoms with Gasteiger partial charge in [-0.3, -0.25) is 4.68 Å². The first-order chi connectivity index (χ1) is 9.22. The quantitative estimate of drug-likeness (QED) is 0.854. The molecule has 0 radical (unpaired) electrons.